The fourth-order valence-corrected chi connectivity index (χ4v) is 2.60. The first-order valence-electron chi connectivity index (χ1n) is 7.11. The van der Waals surface area contributed by atoms with Crippen molar-refractivity contribution in [2.45, 2.75) is 40.0 Å². The van der Waals surface area contributed by atoms with Crippen molar-refractivity contribution in [2.75, 3.05) is 39.5 Å². The van der Waals surface area contributed by atoms with Gasteiger partial charge in [0.05, 0.1) is 13.2 Å². The van der Waals surface area contributed by atoms with Crippen LogP contribution in [0.2, 0.25) is 0 Å². The van der Waals surface area contributed by atoms with Crippen LogP contribution in [0.25, 0.3) is 0 Å². The van der Waals surface area contributed by atoms with Gasteiger partial charge in [-0.15, -0.1) is 0 Å². The largest absolute Gasteiger partial charge is 0.464 e. The highest BCUT2D eigenvalue weighted by Crippen LogP contribution is 2.36. The Morgan fingerprint density at radius 2 is 2.00 bits per heavy atom. The molecule has 1 aliphatic rings. The Morgan fingerprint density at radius 1 is 1.28 bits per heavy atom. The lowest BCUT2D eigenvalue weighted by Crippen LogP contribution is -2.29. The summed E-state index contributed by atoms with van der Waals surface area (Å²) in [6.07, 6.45) is 3.80. The third kappa shape index (κ3) is 4.58. The molecule has 1 aliphatic heterocycles. The van der Waals surface area contributed by atoms with Crippen LogP contribution in [0.5, 0.6) is 0 Å². The van der Waals surface area contributed by atoms with E-state index in [1.54, 1.807) is 6.92 Å². The van der Waals surface area contributed by atoms with Crippen molar-refractivity contribution in [3.05, 3.63) is 0 Å². The molecule has 4 heteroatoms. The van der Waals surface area contributed by atoms with E-state index in [1.807, 2.05) is 0 Å². The van der Waals surface area contributed by atoms with Crippen LogP contribution in [0.4, 0.5) is 0 Å². The average Bonchev–Trinajstić information content (AvgIpc) is 2.79. The van der Waals surface area contributed by atoms with Crippen molar-refractivity contribution in [1.82, 2.24) is 4.90 Å². The van der Waals surface area contributed by atoms with Gasteiger partial charge in [-0.1, -0.05) is 13.8 Å². The molecule has 1 fully saturated rings. The van der Waals surface area contributed by atoms with Gasteiger partial charge in [-0.25, -0.2) is 4.79 Å². The molecule has 0 saturated carbocycles. The van der Waals surface area contributed by atoms with Crippen LogP contribution in [0.1, 0.15) is 40.0 Å². The van der Waals surface area contributed by atoms with Crippen molar-refractivity contribution in [3.8, 4) is 0 Å². The summed E-state index contributed by atoms with van der Waals surface area (Å²) in [5.74, 6) is -0.268. The number of carbonyl (C=O) groups is 1. The third-order valence-electron chi connectivity index (χ3n) is 4.09. The van der Waals surface area contributed by atoms with Crippen LogP contribution in [-0.4, -0.2) is 50.3 Å². The van der Waals surface area contributed by atoms with Gasteiger partial charge in [0.2, 0.25) is 0 Å². The zero-order chi connectivity index (χ0) is 13.4. The first-order valence-corrected chi connectivity index (χ1v) is 7.11. The van der Waals surface area contributed by atoms with Gasteiger partial charge >= 0.3 is 5.97 Å². The van der Waals surface area contributed by atoms with Crippen LogP contribution < -0.4 is 0 Å². The predicted molar refractivity (Wildman–Crippen MR) is 71.5 cm³/mol. The molecule has 0 N–H and O–H groups in total. The second-order valence-corrected chi connectivity index (χ2v) is 5.09. The summed E-state index contributed by atoms with van der Waals surface area (Å²) in [5, 5.41) is 0. The molecule has 0 aliphatic carbocycles. The van der Waals surface area contributed by atoms with E-state index in [2.05, 4.69) is 18.7 Å². The number of hydrogen-bond acceptors (Lipinski definition) is 4. The van der Waals surface area contributed by atoms with E-state index in [4.69, 9.17) is 9.47 Å². The molecule has 106 valence electrons. The molecule has 0 amide bonds. The molecule has 0 atom stereocenters. The maximum absolute atomic E-state index is 11.1. The molecule has 4 nitrogen and oxygen atoms in total. The summed E-state index contributed by atoms with van der Waals surface area (Å²) in [6, 6.07) is 0. The zero-order valence-corrected chi connectivity index (χ0v) is 12.0. The summed E-state index contributed by atoms with van der Waals surface area (Å²) in [6.45, 7) is 10.7. The van der Waals surface area contributed by atoms with E-state index in [1.165, 1.54) is 25.8 Å². The second-order valence-electron chi connectivity index (χ2n) is 5.09. The van der Waals surface area contributed by atoms with E-state index in [-0.39, 0.29) is 12.6 Å². The summed E-state index contributed by atoms with van der Waals surface area (Å²) in [5.41, 5.74) is 0.515. The van der Waals surface area contributed by atoms with Gasteiger partial charge in [-0.2, -0.15) is 0 Å². The van der Waals surface area contributed by atoms with Crippen molar-refractivity contribution in [2.24, 2.45) is 5.41 Å². The van der Waals surface area contributed by atoms with E-state index in [0.717, 1.165) is 13.1 Å². The number of esters is 1. The molecule has 1 saturated heterocycles. The SMILES string of the molecule is CCOC(=O)COCCN1CCC(CC)(CC)C1. The molecular weight excluding hydrogens is 230 g/mol. The lowest BCUT2D eigenvalue weighted by molar-refractivity contribution is -0.148. The summed E-state index contributed by atoms with van der Waals surface area (Å²) < 4.78 is 10.1. The van der Waals surface area contributed by atoms with E-state index < -0.39 is 0 Å². The predicted octanol–water partition coefficient (Wildman–Crippen LogP) is 2.08. The Labute approximate surface area is 111 Å². The van der Waals surface area contributed by atoms with Gasteiger partial charge in [0.25, 0.3) is 0 Å². The van der Waals surface area contributed by atoms with Gasteiger partial charge in [0.1, 0.15) is 6.61 Å². The Morgan fingerprint density at radius 3 is 2.56 bits per heavy atom. The highest BCUT2D eigenvalue weighted by molar-refractivity contribution is 5.70. The van der Waals surface area contributed by atoms with Crippen LogP contribution in [0, 0.1) is 5.41 Å². The van der Waals surface area contributed by atoms with Crippen molar-refractivity contribution in [1.29, 1.82) is 0 Å². The second kappa shape index (κ2) is 7.74. The minimum absolute atomic E-state index is 0.0778. The van der Waals surface area contributed by atoms with Crippen molar-refractivity contribution >= 4 is 5.97 Å². The highest BCUT2D eigenvalue weighted by atomic mass is 16.6. The first-order chi connectivity index (χ1) is 8.65. The molecular formula is C14H27NO3. The van der Waals surface area contributed by atoms with Gasteiger partial charge in [0.15, 0.2) is 0 Å². The van der Waals surface area contributed by atoms with Crippen LogP contribution in [-0.2, 0) is 14.3 Å². The van der Waals surface area contributed by atoms with Gasteiger partial charge in [-0.3, -0.25) is 0 Å². The van der Waals surface area contributed by atoms with Crippen molar-refractivity contribution < 1.29 is 14.3 Å². The first kappa shape index (κ1) is 15.4. The molecule has 0 spiro atoms. The number of hydrogen-bond donors (Lipinski definition) is 0. The summed E-state index contributed by atoms with van der Waals surface area (Å²) >= 11 is 0. The minimum atomic E-state index is -0.268. The number of rotatable bonds is 8. The van der Waals surface area contributed by atoms with Gasteiger partial charge in [0, 0.05) is 13.1 Å². The molecule has 0 radical (unpaired) electrons. The van der Waals surface area contributed by atoms with Crippen LogP contribution in [0.15, 0.2) is 0 Å². The lowest BCUT2D eigenvalue weighted by atomic mass is 9.82. The Bertz CT molecular complexity index is 251. The fraction of sp³-hybridized carbons (Fsp3) is 0.929. The average molecular weight is 257 g/mol. The van der Waals surface area contributed by atoms with Gasteiger partial charge in [-0.05, 0) is 38.1 Å². The standard InChI is InChI=1S/C14H27NO3/c1-4-14(5-2)7-8-15(12-14)9-10-17-11-13(16)18-6-3/h4-12H2,1-3H3. The lowest BCUT2D eigenvalue weighted by Gasteiger charge is -2.26. The number of likely N-dealkylation sites (tertiary alicyclic amines) is 1. The Hall–Kier alpha value is -0.610. The number of ether oxygens (including phenoxy) is 2. The zero-order valence-electron chi connectivity index (χ0n) is 12.0. The van der Waals surface area contributed by atoms with E-state index in [9.17, 15) is 4.79 Å². The van der Waals surface area contributed by atoms with Crippen LogP contribution in [0.3, 0.4) is 0 Å². The Kier molecular flexibility index (Phi) is 6.65. The molecule has 1 heterocycles. The third-order valence-corrected chi connectivity index (χ3v) is 4.09. The van der Waals surface area contributed by atoms with E-state index in [0.29, 0.717) is 18.6 Å². The molecule has 0 aromatic heterocycles. The Balaban J connectivity index is 2.13. The van der Waals surface area contributed by atoms with Gasteiger partial charge < -0.3 is 14.4 Å². The summed E-state index contributed by atoms with van der Waals surface area (Å²) in [7, 11) is 0. The normalized spacial score (nSPS) is 19.1. The molecule has 0 aromatic carbocycles. The molecule has 18 heavy (non-hydrogen) atoms. The molecule has 0 aromatic rings. The summed E-state index contributed by atoms with van der Waals surface area (Å²) in [4.78, 5) is 13.5. The maximum atomic E-state index is 11.1. The van der Waals surface area contributed by atoms with E-state index >= 15 is 0 Å². The molecule has 0 unspecified atom stereocenters. The smallest absolute Gasteiger partial charge is 0.332 e. The topological polar surface area (TPSA) is 38.8 Å². The molecule has 1 rings (SSSR count). The minimum Gasteiger partial charge on any atom is -0.464 e. The quantitative estimate of drug-likeness (QED) is 0.493. The number of nitrogens with zero attached hydrogens (tertiary/aromatic N) is 1. The number of carbonyl (C=O) groups excluding carboxylic acids is 1. The maximum Gasteiger partial charge on any atom is 0.332 e. The monoisotopic (exact) mass is 257 g/mol. The van der Waals surface area contributed by atoms with Crippen molar-refractivity contribution in [3.63, 3.8) is 0 Å². The van der Waals surface area contributed by atoms with Crippen LogP contribution >= 0.6 is 0 Å². The highest BCUT2D eigenvalue weighted by Gasteiger charge is 2.34. The molecule has 0 bridgehead atoms. The fourth-order valence-electron chi connectivity index (χ4n) is 2.60.